The van der Waals surface area contributed by atoms with Gasteiger partial charge >= 0.3 is 0 Å². The van der Waals surface area contributed by atoms with Crippen molar-refractivity contribution in [2.75, 3.05) is 19.4 Å². The molecule has 4 aromatic rings. The van der Waals surface area contributed by atoms with Crippen LogP contribution >= 0.6 is 0 Å². The molecule has 0 radical (unpaired) electrons. The normalized spacial score (nSPS) is 13.5. The Bertz CT molecular complexity index is 1220. The zero-order valence-corrected chi connectivity index (χ0v) is 18.0. The van der Waals surface area contributed by atoms with Crippen LogP contribution in [-0.2, 0) is 19.5 Å². The lowest BCUT2D eigenvalue weighted by Gasteiger charge is -2.28. The lowest BCUT2D eigenvalue weighted by Crippen LogP contribution is -2.31. The Balaban J connectivity index is 1.26. The molecule has 0 spiro atoms. The third-order valence-corrected chi connectivity index (χ3v) is 5.78. The summed E-state index contributed by atoms with van der Waals surface area (Å²) in [5, 5.41) is 0. The second kappa shape index (κ2) is 8.77. The highest BCUT2D eigenvalue weighted by atomic mass is 16.5. The van der Waals surface area contributed by atoms with E-state index in [1.807, 2.05) is 60.9 Å². The minimum absolute atomic E-state index is 0.744. The SMILES string of the molecule is COc1cccc(-c2ccc(CN3CCc4nc(-c5ccc(N)cc5)ncc4C3)cn2)c1. The Hall–Kier alpha value is -3.77. The van der Waals surface area contributed by atoms with E-state index in [-0.39, 0.29) is 0 Å². The fourth-order valence-electron chi connectivity index (χ4n) is 4.01. The van der Waals surface area contributed by atoms with Crippen molar-refractivity contribution in [2.24, 2.45) is 0 Å². The van der Waals surface area contributed by atoms with Gasteiger partial charge < -0.3 is 10.5 Å². The van der Waals surface area contributed by atoms with Crippen molar-refractivity contribution in [1.29, 1.82) is 0 Å². The predicted molar refractivity (Wildman–Crippen MR) is 126 cm³/mol. The van der Waals surface area contributed by atoms with Crippen LogP contribution in [0.25, 0.3) is 22.6 Å². The number of hydrogen-bond acceptors (Lipinski definition) is 6. The first kappa shape index (κ1) is 20.2. The molecule has 0 atom stereocenters. The van der Waals surface area contributed by atoms with Gasteiger partial charge in [0.1, 0.15) is 5.75 Å². The monoisotopic (exact) mass is 423 g/mol. The quantitative estimate of drug-likeness (QED) is 0.481. The number of benzene rings is 2. The molecule has 1 aliphatic rings. The van der Waals surface area contributed by atoms with E-state index < -0.39 is 0 Å². The van der Waals surface area contributed by atoms with Gasteiger partial charge in [-0.05, 0) is 48.0 Å². The average Bonchev–Trinajstić information content (AvgIpc) is 2.85. The number of methoxy groups -OCH3 is 1. The van der Waals surface area contributed by atoms with Gasteiger partial charge in [-0.25, -0.2) is 9.97 Å². The Morgan fingerprint density at radius 1 is 0.969 bits per heavy atom. The number of nitrogen functional groups attached to an aromatic ring is 1. The molecule has 0 aliphatic carbocycles. The van der Waals surface area contributed by atoms with E-state index in [0.717, 1.165) is 65.8 Å². The van der Waals surface area contributed by atoms with Crippen LogP contribution in [-0.4, -0.2) is 33.5 Å². The molecule has 2 aromatic carbocycles. The van der Waals surface area contributed by atoms with E-state index in [1.165, 1.54) is 11.1 Å². The van der Waals surface area contributed by atoms with Crippen molar-refractivity contribution >= 4 is 5.69 Å². The Morgan fingerprint density at radius 2 is 1.84 bits per heavy atom. The maximum Gasteiger partial charge on any atom is 0.159 e. The standard InChI is InChI=1S/C26H25N5O/c1-32-23-4-2-3-20(13-23)24-10-5-18(14-28-24)16-31-12-11-25-21(17-31)15-29-26(30-25)19-6-8-22(27)9-7-19/h2-10,13-15H,11-12,16-17,27H2,1H3. The number of aromatic nitrogens is 3. The van der Waals surface area contributed by atoms with Crippen LogP contribution in [0.15, 0.2) is 73.1 Å². The van der Waals surface area contributed by atoms with Crippen molar-refractivity contribution in [1.82, 2.24) is 19.9 Å². The van der Waals surface area contributed by atoms with Crippen molar-refractivity contribution < 1.29 is 4.74 Å². The van der Waals surface area contributed by atoms with Gasteiger partial charge in [-0.1, -0.05) is 18.2 Å². The van der Waals surface area contributed by atoms with E-state index in [9.17, 15) is 0 Å². The van der Waals surface area contributed by atoms with Crippen molar-refractivity contribution in [2.45, 2.75) is 19.5 Å². The van der Waals surface area contributed by atoms with Gasteiger partial charge in [0, 0.05) is 60.8 Å². The number of hydrogen-bond donors (Lipinski definition) is 1. The number of ether oxygens (including phenoxy) is 1. The first-order valence-corrected chi connectivity index (χ1v) is 10.7. The Labute approximate surface area is 187 Å². The number of nitrogens with zero attached hydrogens (tertiary/aromatic N) is 4. The molecule has 1 aliphatic heterocycles. The number of nitrogens with two attached hydrogens (primary N) is 1. The van der Waals surface area contributed by atoms with E-state index in [0.29, 0.717) is 0 Å². The van der Waals surface area contributed by atoms with Gasteiger partial charge in [-0.15, -0.1) is 0 Å². The average molecular weight is 424 g/mol. The maximum absolute atomic E-state index is 5.79. The fraction of sp³-hybridized carbons (Fsp3) is 0.192. The van der Waals surface area contributed by atoms with Crippen LogP contribution in [0.2, 0.25) is 0 Å². The molecule has 6 nitrogen and oxygen atoms in total. The summed E-state index contributed by atoms with van der Waals surface area (Å²) < 4.78 is 5.32. The zero-order chi connectivity index (χ0) is 21.9. The largest absolute Gasteiger partial charge is 0.497 e. The van der Waals surface area contributed by atoms with Gasteiger partial charge in [-0.2, -0.15) is 0 Å². The minimum Gasteiger partial charge on any atom is -0.497 e. The van der Waals surface area contributed by atoms with Crippen LogP contribution in [0.5, 0.6) is 5.75 Å². The second-order valence-electron chi connectivity index (χ2n) is 8.03. The van der Waals surface area contributed by atoms with Crippen molar-refractivity contribution in [3.05, 3.63) is 89.9 Å². The summed E-state index contributed by atoms with van der Waals surface area (Å²) >= 11 is 0. The highest BCUT2D eigenvalue weighted by molar-refractivity contribution is 5.61. The lowest BCUT2D eigenvalue weighted by molar-refractivity contribution is 0.242. The minimum atomic E-state index is 0.744. The van der Waals surface area contributed by atoms with Gasteiger partial charge in [0.2, 0.25) is 0 Å². The predicted octanol–water partition coefficient (Wildman–Crippen LogP) is 4.35. The molecule has 2 N–H and O–H groups in total. The third kappa shape index (κ3) is 4.31. The molecular weight excluding hydrogens is 398 g/mol. The van der Waals surface area contributed by atoms with Crippen molar-refractivity contribution in [3.63, 3.8) is 0 Å². The van der Waals surface area contributed by atoms with Crippen LogP contribution in [0, 0.1) is 0 Å². The summed E-state index contributed by atoms with van der Waals surface area (Å²) in [5.74, 6) is 1.59. The molecule has 2 aromatic heterocycles. The second-order valence-corrected chi connectivity index (χ2v) is 8.03. The van der Waals surface area contributed by atoms with E-state index >= 15 is 0 Å². The number of fused-ring (bicyclic) bond motifs is 1. The number of rotatable bonds is 5. The van der Waals surface area contributed by atoms with Gasteiger partial charge in [0.15, 0.2) is 5.82 Å². The van der Waals surface area contributed by atoms with Crippen LogP contribution in [0.1, 0.15) is 16.8 Å². The van der Waals surface area contributed by atoms with E-state index in [1.54, 1.807) is 7.11 Å². The van der Waals surface area contributed by atoms with Gasteiger partial charge in [0.05, 0.1) is 18.5 Å². The third-order valence-electron chi connectivity index (χ3n) is 5.78. The highest BCUT2D eigenvalue weighted by Crippen LogP contribution is 2.24. The Kier molecular flexibility index (Phi) is 5.52. The zero-order valence-electron chi connectivity index (χ0n) is 18.0. The summed E-state index contributed by atoms with van der Waals surface area (Å²) in [5.41, 5.74) is 13.0. The summed E-state index contributed by atoms with van der Waals surface area (Å²) in [6, 6.07) is 19.9. The summed E-state index contributed by atoms with van der Waals surface area (Å²) in [4.78, 5) is 16.5. The number of pyridine rings is 1. The molecule has 0 fully saturated rings. The molecule has 0 amide bonds. The topological polar surface area (TPSA) is 77.2 Å². The smallest absolute Gasteiger partial charge is 0.159 e. The molecule has 5 rings (SSSR count). The molecule has 160 valence electrons. The molecule has 3 heterocycles. The molecular formula is C26H25N5O. The van der Waals surface area contributed by atoms with Crippen molar-refractivity contribution in [3.8, 4) is 28.4 Å². The molecule has 0 saturated heterocycles. The lowest BCUT2D eigenvalue weighted by atomic mass is 10.1. The number of anilines is 1. The van der Waals surface area contributed by atoms with Crippen LogP contribution in [0.4, 0.5) is 5.69 Å². The van der Waals surface area contributed by atoms with Gasteiger partial charge in [0.25, 0.3) is 0 Å². The Morgan fingerprint density at radius 3 is 2.62 bits per heavy atom. The molecule has 0 saturated carbocycles. The first-order chi connectivity index (χ1) is 15.7. The maximum atomic E-state index is 5.79. The summed E-state index contributed by atoms with van der Waals surface area (Å²) in [6.45, 7) is 2.66. The van der Waals surface area contributed by atoms with Crippen LogP contribution in [0.3, 0.4) is 0 Å². The molecule has 0 unspecified atom stereocenters. The molecule has 6 heteroatoms. The van der Waals surface area contributed by atoms with Crippen LogP contribution < -0.4 is 10.5 Å². The molecule has 32 heavy (non-hydrogen) atoms. The van der Waals surface area contributed by atoms with E-state index in [2.05, 4.69) is 27.0 Å². The first-order valence-electron chi connectivity index (χ1n) is 10.7. The van der Waals surface area contributed by atoms with E-state index in [4.69, 9.17) is 15.5 Å². The van der Waals surface area contributed by atoms with Gasteiger partial charge in [-0.3, -0.25) is 9.88 Å². The summed E-state index contributed by atoms with van der Waals surface area (Å²) in [6.07, 6.45) is 4.84. The highest BCUT2D eigenvalue weighted by Gasteiger charge is 2.19. The fourth-order valence-corrected chi connectivity index (χ4v) is 4.01. The molecule has 0 bridgehead atoms. The summed E-state index contributed by atoms with van der Waals surface area (Å²) in [7, 11) is 1.68.